The molecule has 0 radical (unpaired) electrons. The SMILES string of the molecule is CCCCOC1CN(C(C)(C)C)C1. The quantitative estimate of drug-likeness (QED) is 0.623. The van der Waals surface area contributed by atoms with Gasteiger partial charge in [0.15, 0.2) is 0 Å². The summed E-state index contributed by atoms with van der Waals surface area (Å²) in [5.41, 5.74) is 0.324. The topological polar surface area (TPSA) is 12.5 Å². The van der Waals surface area contributed by atoms with Gasteiger partial charge in [0.25, 0.3) is 0 Å². The molecule has 2 heteroatoms. The third kappa shape index (κ3) is 3.28. The Morgan fingerprint density at radius 1 is 1.31 bits per heavy atom. The predicted molar refractivity (Wildman–Crippen MR) is 56.0 cm³/mol. The van der Waals surface area contributed by atoms with Crippen LogP contribution in [0, 0.1) is 0 Å². The molecule has 0 aromatic carbocycles. The monoisotopic (exact) mass is 185 g/mol. The van der Waals surface area contributed by atoms with Crippen molar-refractivity contribution in [3.63, 3.8) is 0 Å². The minimum absolute atomic E-state index is 0.324. The van der Waals surface area contributed by atoms with Crippen LogP contribution < -0.4 is 0 Å². The van der Waals surface area contributed by atoms with Crippen LogP contribution in [0.1, 0.15) is 40.5 Å². The highest BCUT2D eigenvalue weighted by Crippen LogP contribution is 2.22. The Bertz CT molecular complexity index is 145. The minimum atomic E-state index is 0.324. The summed E-state index contributed by atoms with van der Waals surface area (Å²) >= 11 is 0. The van der Waals surface area contributed by atoms with E-state index in [1.807, 2.05) is 0 Å². The number of nitrogens with zero attached hydrogens (tertiary/aromatic N) is 1. The first-order valence-electron chi connectivity index (χ1n) is 5.40. The molecule has 1 fully saturated rings. The Balaban J connectivity index is 2.05. The van der Waals surface area contributed by atoms with Crippen LogP contribution >= 0.6 is 0 Å². The molecule has 0 bridgehead atoms. The van der Waals surface area contributed by atoms with Crippen molar-refractivity contribution in [1.82, 2.24) is 4.90 Å². The maximum atomic E-state index is 5.70. The lowest BCUT2D eigenvalue weighted by Crippen LogP contribution is -2.59. The summed E-state index contributed by atoms with van der Waals surface area (Å²) in [5, 5.41) is 0. The van der Waals surface area contributed by atoms with E-state index in [-0.39, 0.29) is 0 Å². The largest absolute Gasteiger partial charge is 0.376 e. The molecule has 0 saturated carbocycles. The Labute approximate surface area is 82.3 Å². The molecule has 0 amide bonds. The van der Waals surface area contributed by atoms with Crippen molar-refractivity contribution in [2.75, 3.05) is 19.7 Å². The first-order valence-corrected chi connectivity index (χ1v) is 5.40. The summed E-state index contributed by atoms with van der Waals surface area (Å²) in [4.78, 5) is 2.46. The van der Waals surface area contributed by atoms with E-state index in [1.54, 1.807) is 0 Å². The number of ether oxygens (including phenoxy) is 1. The Morgan fingerprint density at radius 2 is 1.92 bits per heavy atom. The number of unbranched alkanes of at least 4 members (excludes halogenated alkanes) is 1. The molecule has 1 aliphatic rings. The second kappa shape index (κ2) is 4.43. The van der Waals surface area contributed by atoms with Gasteiger partial charge in [0, 0.05) is 25.2 Å². The second-order valence-electron chi connectivity index (χ2n) is 4.92. The molecule has 1 saturated heterocycles. The lowest BCUT2D eigenvalue weighted by Gasteiger charge is -2.47. The van der Waals surface area contributed by atoms with Gasteiger partial charge in [-0.1, -0.05) is 13.3 Å². The third-order valence-corrected chi connectivity index (χ3v) is 2.65. The van der Waals surface area contributed by atoms with Gasteiger partial charge in [-0.25, -0.2) is 0 Å². The number of hydrogen-bond donors (Lipinski definition) is 0. The zero-order chi connectivity index (χ0) is 9.90. The Hall–Kier alpha value is -0.0800. The normalized spacial score (nSPS) is 20.3. The van der Waals surface area contributed by atoms with E-state index in [9.17, 15) is 0 Å². The lowest BCUT2D eigenvalue weighted by molar-refractivity contribution is -0.0890. The van der Waals surface area contributed by atoms with Crippen LogP contribution in [-0.4, -0.2) is 36.2 Å². The fourth-order valence-corrected chi connectivity index (χ4v) is 1.49. The number of hydrogen-bond acceptors (Lipinski definition) is 2. The molecule has 78 valence electrons. The summed E-state index contributed by atoms with van der Waals surface area (Å²) in [6.07, 6.45) is 2.94. The molecule has 13 heavy (non-hydrogen) atoms. The molecule has 0 spiro atoms. The van der Waals surface area contributed by atoms with Crippen LogP contribution in [0.15, 0.2) is 0 Å². The summed E-state index contributed by atoms with van der Waals surface area (Å²) in [6.45, 7) is 12.2. The van der Waals surface area contributed by atoms with Crippen LogP contribution in [0.4, 0.5) is 0 Å². The lowest BCUT2D eigenvalue weighted by atomic mass is 9.99. The molecule has 0 aromatic rings. The fraction of sp³-hybridized carbons (Fsp3) is 1.00. The van der Waals surface area contributed by atoms with Crippen LogP contribution in [0.5, 0.6) is 0 Å². The highest BCUT2D eigenvalue weighted by atomic mass is 16.5. The molecule has 0 aromatic heterocycles. The molecule has 0 N–H and O–H groups in total. The van der Waals surface area contributed by atoms with Crippen molar-refractivity contribution < 1.29 is 4.74 Å². The molecule has 2 nitrogen and oxygen atoms in total. The van der Waals surface area contributed by atoms with Crippen molar-refractivity contribution in [2.45, 2.75) is 52.2 Å². The van der Waals surface area contributed by atoms with Gasteiger partial charge in [-0.15, -0.1) is 0 Å². The average Bonchev–Trinajstić information content (AvgIpc) is 1.91. The molecule has 0 atom stereocenters. The summed E-state index contributed by atoms with van der Waals surface area (Å²) in [6, 6.07) is 0. The van der Waals surface area contributed by atoms with Crippen LogP contribution in [0.25, 0.3) is 0 Å². The highest BCUT2D eigenvalue weighted by molar-refractivity contribution is 4.89. The highest BCUT2D eigenvalue weighted by Gasteiger charge is 2.34. The molecule has 1 aliphatic heterocycles. The van der Waals surface area contributed by atoms with E-state index in [4.69, 9.17) is 4.74 Å². The van der Waals surface area contributed by atoms with Crippen molar-refractivity contribution in [3.8, 4) is 0 Å². The molecule has 0 aliphatic carbocycles. The molecule has 1 heterocycles. The molecular weight excluding hydrogens is 162 g/mol. The van der Waals surface area contributed by atoms with Crippen molar-refractivity contribution >= 4 is 0 Å². The first kappa shape index (κ1) is 11.0. The summed E-state index contributed by atoms with van der Waals surface area (Å²) in [7, 11) is 0. The van der Waals surface area contributed by atoms with Gasteiger partial charge in [-0.2, -0.15) is 0 Å². The Morgan fingerprint density at radius 3 is 2.38 bits per heavy atom. The molecule has 1 rings (SSSR count). The van der Waals surface area contributed by atoms with Gasteiger partial charge in [0.1, 0.15) is 0 Å². The third-order valence-electron chi connectivity index (χ3n) is 2.65. The van der Waals surface area contributed by atoms with E-state index in [2.05, 4.69) is 32.6 Å². The Kier molecular flexibility index (Phi) is 3.74. The van der Waals surface area contributed by atoms with Gasteiger partial charge >= 0.3 is 0 Å². The van der Waals surface area contributed by atoms with E-state index >= 15 is 0 Å². The van der Waals surface area contributed by atoms with Crippen LogP contribution in [0.3, 0.4) is 0 Å². The summed E-state index contributed by atoms with van der Waals surface area (Å²) in [5.74, 6) is 0. The van der Waals surface area contributed by atoms with Gasteiger partial charge < -0.3 is 4.74 Å². The molecular formula is C11H23NO. The van der Waals surface area contributed by atoms with Gasteiger partial charge in [0.05, 0.1) is 6.10 Å². The summed E-state index contributed by atoms with van der Waals surface area (Å²) < 4.78 is 5.70. The van der Waals surface area contributed by atoms with E-state index in [0.717, 1.165) is 19.7 Å². The standard InChI is InChI=1S/C11H23NO/c1-5-6-7-13-10-8-12(9-10)11(2,3)4/h10H,5-9H2,1-4H3. The van der Waals surface area contributed by atoms with Gasteiger partial charge in [-0.05, 0) is 27.2 Å². The zero-order valence-electron chi connectivity index (χ0n) is 9.47. The second-order valence-corrected chi connectivity index (χ2v) is 4.92. The number of rotatable bonds is 4. The van der Waals surface area contributed by atoms with E-state index in [0.29, 0.717) is 11.6 Å². The predicted octanol–water partition coefficient (Wildman–Crippen LogP) is 2.29. The van der Waals surface area contributed by atoms with E-state index in [1.165, 1.54) is 12.8 Å². The van der Waals surface area contributed by atoms with Crippen molar-refractivity contribution in [3.05, 3.63) is 0 Å². The van der Waals surface area contributed by atoms with E-state index < -0.39 is 0 Å². The maximum Gasteiger partial charge on any atom is 0.0829 e. The van der Waals surface area contributed by atoms with Crippen LogP contribution in [0.2, 0.25) is 0 Å². The number of likely N-dealkylation sites (tertiary alicyclic amines) is 1. The average molecular weight is 185 g/mol. The zero-order valence-corrected chi connectivity index (χ0v) is 9.47. The minimum Gasteiger partial charge on any atom is -0.376 e. The molecule has 0 unspecified atom stereocenters. The van der Waals surface area contributed by atoms with Crippen LogP contribution in [-0.2, 0) is 4.74 Å². The smallest absolute Gasteiger partial charge is 0.0829 e. The van der Waals surface area contributed by atoms with Gasteiger partial charge in [-0.3, -0.25) is 4.90 Å². The van der Waals surface area contributed by atoms with Crippen molar-refractivity contribution in [2.24, 2.45) is 0 Å². The first-order chi connectivity index (χ1) is 6.04. The van der Waals surface area contributed by atoms with Gasteiger partial charge in [0.2, 0.25) is 0 Å². The van der Waals surface area contributed by atoms with Crippen molar-refractivity contribution in [1.29, 1.82) is 0 Å². The fourth-order valence-electron chi connectivity index (χ4n) is 1.49. The maximum absolute atomic E-state index is 5.70.